The number of rotatable bonds is 2. The molecular formula is C17H14ClNO. The first kappa shape index (κ1) is 13.1. The maximum atomic E-state index is 10.7. The van der Waals surface area contributed by atoms with Crippen LogP contribution in [0.2, 0.25) is 5.02 Å². The van der Waals surface area contributed by atoms with E-state index in [1.807, 2.05) is 55.5 Å². The van der Waals surface area contributed by atoms with Gasteiger partial charge < -0.3 is 5.11 Å². The fourth-order valence-electron chi connectivity index (χ4n) is 2.42. The first-order chi connectivity index (χ1) is 9.66. The maximum Gasteiger partial charge on any atom is 0.106 e. The third-order valence-corrected chi connectivity index (χ3v) is 3.73. The second-order valence-corrected chi connectivity index (χ2v) is 5.26. The number of aliphatic hydroxyl groups excluding tert-OH is 1. The van der Waals surface area contributed by atoms with Crippen LogP contribution in [-0.2, 0) is 0 Å². The summed E-state index contributed by atoms with van der Waals surface area (Å²) in [7, 11) is 0. The fourth-order valence-corrected chi connectivity index (χ4v) is 2.60. The van der Waals surface area contributed by atoms with Crippen LogP contribution in [0.25, 0.3) is 10.9 Å². The summed E-state index contributed by atoms with van der Waals surface area (Å²) in [6.45, 7) is 1.97. The number of nitrogens with zero attached hydrogens (tertiary/aromatic N) is 1. The molecule has 0 radical (unpaired) electrons. The van der Waals surface area contributed by atoms with Crippen molar-refractivity contribution in [2.75, 3.05) is 0 Å². The van der Waals surface area contributed by atoms with Crippen molar-refractivity contribution in [3.63, 3.8) is 0 Å². The van der Waals surface area contributed by atoms with E-state index in [9.17, 15) is 5.11 Å². The predicted molar refractivity (Wildman–Crippen MR) is 82.0 cm³/mol. The van der Waals surface area contributed by atoms with Crippen LogP contribution in [0.1, 0.15) is 22.8 Å². The number of pyridine rings is 1. The van der Waals surface area contributed by atoms with Crippen molar-refractivity contribution in [3.05, 3.63) is 76.4 Å². The summed E-state index contributed by atoms with van der Waals surface area (Å²) in [6.07, 6.45) is 1.01. The molecule has 0 bridgehead atoms. The Morgan fingerprint density at radius 3 is 2.70 bits per heavy atom. The third kappa shape index (κ3) is 2.28. The van der Waals surface area contributed by atoms with Crippen molar-refractivity contribution in [1.82, 2.24) is 4.98 Å². The lowest BCUT2D eigenvalue weighted by molar-refractivity contribution is 0.221. The van der Waals surface area contributed by atoms with E-state index in [2.05, 4.69) is 4.98 Å². The largest absolute Gasteiger partial charge is 0.384 e. The van der Waals surface area contributed by atoms with Crippen LogP contribution in [0, 0.1) is 6.92 Å². The smallest absolute Gasteiger partial charge is 0.106 e. The summed E-state index contributed by atoms with van der Waals surface area (Å²) >= 11 is 6.04. The van der Waals surface area contributed by atoms with Gasteiger partial charge in [-0.1, -0.05) is 41.9 Å². The van der Waals surface area contributed by atoms with E-state index in [1.165, 1.54) is 0 Å². The molecule has 100 valence electrons. The molecule has 3 heteroatoms. The van der Waals surface area contributed by atoms with Gasteiger partial charge in [-0.2, -0.15) is 0 Å². The fraction of sp³-hybridized carbons (Fsp3) is 0.118. The van der Waals surface area contributed by atoms with E-state index < -0.39 is 6.10 Å². The molecule has 1 N–H and O–H groups in total. The molecule has 0 saturated heterocycles. The van der Waals surface area contributed by atoms with Crippen LogP contribution < -0.4 is 0 Å². The average molecular weight is 284 g/mol. The number of halogens is 1. The second kappa shape index (κ2) is 5.23. The van der Waals surface area contributed by atoms with Crippen LogP contribution in [0.3, 0.4) is 0 Å². The van der Waals surface area contributed by atoms with Crippen LogP contribution in [0.15, 0.2) is 54.7 Å². The molecule has 0 amide bonds. The number of benzene rings is 2. The first-order valence-corrected chi connectivity index (χ1v) is 6.82. The highest BCUT2D eigenvalue weighted by Crippen LogP contribution is 2.30. The van der Waals surface area contributed by atoms with Crippen molar-refractivity contribution in [3.8, 4) is 0 Å². The van der Waals surface area contributed by atoms with Gasteiger partial charge >= 0.3 is 0 Å². The predicted octanol–water partition coefficient (Wildman–Crippen LogP) is 4.28. The summed E-state index contributed by atoms with van der Waals surface area (Å²) in [4.78, 5) is 4.39. The Hall–Kier alpha value is -1.90. The number of fused-ring (bicyclic) bond motifs is 1. The standard InChI is InChI=1S/C17H14ClNO/c1-11-7-8-13(18)10-15(11)17(20)14-6-2-4-12-5-3-9-19-16(12)14/h2-10,17,20H,1H3. The minimum Gasteiger partial charge on any atom is -0.384 e. The van der Waals surface area contributed by atoms with E-state index in [0.717, 1.165) is 27.6 Å². The molecule has 3 rings (SSSR count). The van der Waals surface area contributed by atoms with Crippen LogP contribution in [0.4, 0.5) is 0 Å². The van der Waals surface area contributed by atoms with Gasteiger partial charge in [0.15, 0.2) is 0 Å². The molecular weight excluding hydrogens is 270 g/mol. The van der Waals surface area contributed by atoms with Crippen LogP contribution >= 0.6 is 11.6 Å². The van der Waals surface area contributed by atoms with Crippen molar-refractivity contribution in [1.29, 1.82) is 0 Å². The molecule has 0 fully saturated rings. The zero-order valence-corrected chi connectivity index (χ0v) is 11.8. The van der Waals surface area contributed by atoms with E-state index >= 15 is 0 Å². The van der Waals surface area contributed by atoms with Gasteiger partial charge in [-0.3, -0.25) is 4.98 Å². The number of hydrogen-bond donors (Lipinski definition) is 1. The van der Waals surface area contributed by atoms with E-state index in [4.69, 9.17) is 11.6 Å². The molecule has 2 nitrogen and oxygen atoms in total. The Morgan fingerprint density at radius 2 is 1.85 bits per heavy atom. The molecule has 0 aliphatic rings. The Morgan fingerprint density at radius 1 is 1.05 bits per heavy atom. The van der Waals surface area contributed by atoms with Crippen molar-refractivity contribution >= 4 is 22.5 Å². The van der Waals surface area contributed by atoms with Gasteiger partial charge in [0.1, 0.15) is 6.10 Å². The quantitative estimate of drug-likeness (QED) is 0.761. The van der Waals surface area contributed by atoms with Crippen molar-refractivity contribution in [2.24, 2.45) is 0 Å². The molecule has 3 aromatic rings. The maximum absolute atomic E-state index is 10.7. The molecule has 1 atom stereocenters. The summed E-state index contributed by atoms with van der Waals surface area (Å²) in [5.41, 5.74) is 3.45. The Bertz CT molecular complexity index is 765. The van der Waals surface area contributed by atoms with Gasteiger partial charge in [-0.05, 0) is 36.2 Å². The Balaban J connectivity index is 2.17. The van der Waals surface area contributed by atoms with Crippen LogP contribution in [-0.4, -0.2) is 10.1 Å². The van der Waals surface area contributed by atoms with Gasteiger partial charge in [-0.15, -0.1) is 0 Å². The molecule has 1 aromatic heterocycles. The van der Waals surface area contributed by atoms with Crippen molar-refractivity contribution < 1.29 is 5.11 Å². The normalized spacial score (nSPS) is 12.6. The average Bonchev–Trinajstić information content (AvgIpc) is 2.48. The lowest BCUT2D eigenvalue weighted by atomic mass is 9.96. The number of para-hydroxylation sites is 1. The van der Waals surface area contributed by atoms with Crippen molar-refractivity contribution in [2.45, 2.75) is 13.0 Å². The lowest BCUT2D eigenvalue weighted by Gasteiger charge is -2.16. The van der Waals surface area contributed by atoms with E-state index in [-0.39, 0.29) is 0 Å². The Labute approximate surface area is 122 Å². The van der Waals surface area contributed by atoms with Gasteiger partial charge in [0.2, 0.25) is 0 Å². The number of aryl methyl sites for hydroxylation is 1. The second-order valence-electron chi connectivity index (χ2n) is 4.83. The molecule has 2 aromatic carbocycles. The summed E-state index contributed by atoms with van der Waals surface area (Å²) in [5, 5.41) is 12.3. The molecule has 1 heterocycles. The molecule has 1 unspecified atom stereocenters. The highest BCUT2D eigenvalue weighted by Gasteiger charge is 2.16. The van der Waals surface area contributed by atoms with Crippen LogP contribution in [0.5, 0.6) is 0 Å². The highest BCUT2D eigenvalue weighted by atomic mass is 35.5. The third-order valence-electron chi connectivity index (χ3n) is 3.49. The Kier molecular flexibility index (Phi) is 3.43. The topological polar surface area (TPSA) is 33.1 Å². The minimum atomic E-state index is -0.729. The summed E-state index contributed by atoms with van der Waals surface area (Å²) in [5.74, 6) is 0. The van der Waals surface area contributed by atoms with Gasteiger partial charge in [0, 0.05) is 22.2 Å². The lowest BCUT2D eigenvalue weighted by Crippen LogP contribution is -2.03. The first-order valence-electron chi connectivity index (χ1n) is 6.44. The van der Waals surface area contributed by atoms with Gasteiger partial charge in [0.25, 0.3) is 0 Å². The molecule has 0 spiro atoms. The van der Waals surface area contributed by atoms with E-state index in [0.29, 0.717) is 5.02 Å². The van der Waals surface area contributed by atoms with Gasteiger partial charge in [0.05, 0.1) is 5.52 Å². The molecule has 0 aliphatic carbocycles. The number of aromatic nitrogens is 1. The summed E-state index contributed by atoms with van der Waals surface area (Å²) in [6, 6.07) is 15.3. The highest BCUT2D eigenvalue weighted by molar-refractivity contribution is 6.30. The molecule has 0 aliphatic heterocycles. The molecule has 0 saturated carbocycles. The SMILES string of the molecule is Cc1ccc(Cl)cc1C(O)c1cccc2cccnc12. The number of aliphatic hydroxyl groups is 1. The van der Waals surface area contributed by atoms with E-state index in [1.54, 1.807) is 6.20 Å². The molecule has 20 heavy (non-hydrogen) atoms. The number of hydrogen-bond acceptors (Lipinski definition) is 2. The summed E-state index contributed by atoms with van der Waals surface area (Å²) < 4.78 is 0. The zero-order valence-electron chi connectivity index (χ0n) is 11.0. The minimum absolute atomic E-state index is 0.623. The van der Waals surface area contributed by atoms with Gasteiger partial charge in [-0.25, -0.2) is 0 Å². The zero-order chi connectivity index (χ0) is 14.1. The monoisotopic (exact) mass is 283 g/mol.